The average molecular weight is 315 g/mol. The number of rotatable bonds is 3. The molecule has 0 aliphatic carbocycles. The Morgan fingerprint density at radius 3 is 2.59 bits per heavy atom. The van der Waals surface area contributed by atoms with E-state index >= 15 is 0 Å². The van der Waals surface area contributed by atoms with Crippen molar-refractivity contribution in [3.63, 3.8) is 0 Å². The molecule has 3 aromatic rings. The number of nitrogens with zero attached hydrogens (tertiary/aromatic N) is 2. The Hall–Kier alpha value is -1.80. The second-order valence-corrected chi connectivity index (χ2v) is 5.83. The maximum absolute atomic E-state index is 6.15. The Balaban J connectivity index is 0.000000847. The second-order valence-electron chi connectivity index (χ2n) is 5.39. The van der Waals surface area contributed by atoms with Gasteiger partial charge in [-0.15, -0.1) is 0 Å². The molecule has 2 aromatic heterocycles. The zero-order valence-electron chi connectivity index (χ0n) is 13.7. The molecule has 0 aliphatic rings. The van der Waals surface area contributed by atoms with E-state index in [1.165, 1.54) is 22.0 Å². The highest BCUT2D eigenvalue weighted by Gasteiger charge is 2.12. The summed E-state index contributed by atoms with van der Waals surface area (Å²) in [5, 5.41) is 2.04. The molecule has 2 nitrogen and oxygen atoms in total. The molecule has 0 N–H and O–H groups in total. The van der Waals surface area contributed by atoms with Gasteiger partial charge in [-0.25, -0.2) is 0 Å². The maximum atomic E-state index is 6.15. The lowest BCUT2D eigenvalue weighted by molar-refractivity contribution is 0.806. The zero-order chi connectivity index (χ0) is 16.1. The highest BCUT2D eigenvalue weighted by molar-refractivity contribution is 6.31. The summed E-state index contributed by atoms with van der Waals surface area (Å²) in [6.07, 6.45) is 5.95. The molecular weight excluding hydrogens is 292 g/mol. The van der Waals surface area contributed by atoms with Crippen molar-refractivity contribution < 1.29 is 0 Å². The summed E-state index contributed by atoms with van der Waals surface area (Å²) in [6.45, 7) is 9.26. The van der Waals surface area contributed by atoms with E-state index in [1.54, 1.807) is 6.20 Å². The molecule has 1 aromatic carbocycles. The minimum absolute atomic E-state index is 0.478. The molecule has 0 saturated carbocycles. The van der Waals surface area contributed by atoms with E-state index in [1.807, 2.05) is 32.2 Å². The first-order chi connectivity index (χ1) is 10.6. The molecule has 116 valence electrons. The van der Waals surface area contributed by atoms with Crippen LogP contribution >= 0.6 is 11.6 Å². The summed E-state index contributed by atoms with van der Waals surface area (Å²) in [6, 6.07) is 10.2. The smallest absolute Gasteiger partial charge is 0.0491 e. The Morgan fingerprint density at radius 1 is 1.18 bits per heavy atom. The van der Waals surface area contributed by atoms with Crippen LogP contribution < -0.4 is 0 Å². The van der Waals surface area contributed by atoms with E-state index in [-0.39, 0.29) is 0 Å². The lowest BCUT2D eigenvalue weighted by Gasteiger charge is -2.05. The van der Waals surface area contributed by atoms with Crippen LogP contribution in [0.15, 0.2) is 48.9 Å². The quantitative estimate of drug-likeness (QED) is 0.589. The van der Waals surface area contributed by atoms with Crippen LogP contribution in [0.1, 0.15) is 44.7 Å². The topological polar surface area (TPSA) is 17.8 Å². The molecule has 0 bridgehead atoms. The first-order valence-corrected chi connectivity index (χ1v) is 8.20. The predicted octanol–water partition coefficient (Wildman–Crippen LogP) is 5.89. The van der Waals surface area contributed by atoms with Crippen molar-refractivity contribution in [1.82, 2.24) is 9.55 Å². The van der Waals surface area contributed by atoms with Gasteiger partial charge in [0, 0.05) is 41.1 Å². The van der Waals surface area contributed by atoms with E-state index < -0.39 is 0 Å². The summed E-state index contributed by atoms with van der Waals surface area (Å²) < 4.78 is 2.28. The fourth-order valence-corrected chi connectivity index (χ4v) is 2.75. The fourth-order valence-electron chi connectivity index (χ4n) is 2.58. The molecule has 0 atom stereocenters. The van der Waals surface area contributed by atoms with Crippen molar-refractivity contribution in [3.05, 3.63) is 65.1 Å². The van der Waals surface area contributed by atoms with Crippen LogP contribution in [0.3, 0.4) is 0 Å². The summed E-state index contributed by atoms with van der Waals surface area (Å²) in [7, 11) is 0. The number of benzene rings is 1. The highest BCUT2D eigenvalue weighted by atomic mass is 35.5. The van der Waals surface area contributed by atoms with Gasteiger partial charge in [0.25, 0.3) is 0 Å². The molecule has 0 saturated heterocycles. The van der Waals surface area contributed by atoms with Crippen molar-refractivity contribution in [1.29, 1.82) is 0 Å². The molecule has 0 amide bonds. The van der Waals surface area contributed by atoms with Gasteiger partial charge in [0.05, 0.1) is 0 Å². The van der Waals surface area contributed by atoms with Gasteiger partial charge in [-0.05, 0) is 41.3 Å². The molecule has 0 unspecified atom stereocenters. The van der Waals surface area contributed by atoms with Gasteiger partial charge < -0.3 is 4.57 Å². The number of halogens is 1. The molecule has 3 rings (SSSR count). The third kappa shape index (κ3) is 3.50. The lowest BCUT2D eigenvalue weighted by atomic mass is 10.0. The molecule has 0 radical (unpaired) electrons. The summed E-state index contributed by atoms with van der Waals surface area (Å²) in [5.41, 5.74) is 3.77. The van der Waals surface area contributed by atoms with E-state index in [9.17, 15) is 0 Å². The van der Waals surface area contributed by atoms with Crippen LogP contribution in [0.25, 0.3) is 10.9 Å². The van der Waals surface area contributed by atoms with Gasteiger partial charge >= 0.3 is 0 Å². The standard InChI is InChI=1S/C17H17ClN2.C2H6/c1-12(2)16-11-20(10-13-4-3-7-19-9-13)17-6-5-14(18)8-15(16)17;1-2/h3-9,11-12H,10H2,1-2H3;1-2H3. The van der Waals surface area contributed by atoms with Crippen LogP contribution in [-0.4, -0.2) is 9.55 Å². The van der Waals surface area contributed by atoms with Crippen molar-refractivity contribution in [2.45, 2.75) is 40.2 Å². The van der Waals surface area contributed by atoms with Crippen LogP contribution in [-0.2, 0) is 6.54 Å². The normalized spacial score (nSPS) is 10.6. The van der Waals surface area contributed by atoms with Crippen molar-refractivity contribution in [3.8, 4) is 0 Å². The van der Waals surface area contributed by atoms with Crippen molar-refractivity contribution >= 4 is 22.5 Å². The molecule has 0 fully saturated rings. The first-order valence-electron chi connectivity index (χ1n) is 7.82. The van der Waals surface area contributed by atoms with E-state index in [0.717, 1.165) is 11.6 Å². The Kier molecular flexibility index (Phi) is 5.62. The Labute approximate surface area is 137 Å². The Bertz CT molecular complexity index is 730. The lowest BCUT2D eigenvalue weighted by Crippen LogP contribution is -1.98. The molecule has 3 heteroatoms. The third-order valence-electron chi connectivity index (χ3n) is 3.57. The van der Waals surface area contributed by atoms with Crippen LogP contribution in [0.2, 0.25) is 5.02 Å². The average Bonchev–Trinajstić information content (AvgIpc) is 2.88. The zero-order valence-corrected chi connectivity index (χ0v) is 14.4. The second kappa shape index (κ2) is 7.46. The van der Waals surface area contributed by atoms with Crippen LogP contribution in [0.4, 0.5) is 0 Å². The number of fused-ring (bicyclic) bond motifs is 1. The minimum atomic E-state index is 0.478. The van der Waals surface area contributed by atoms with Gasteiger partial charge in [0.1, 0.15) is 0 Å². The van der Waals surface area contributed by atoms with E-state index in [0.29, 0.717) is 5.92 Å². The molecule has 0 spiro atoms. The van der Waals surface area contributed by atoms with Crippen LogP contribution in [0.5, 0.6) is 0 Å². The van der Waals surface area contributed by atoms with Gasteiger partial charge in [-0.1, -0.05) is 45.4 Å². The molecular formula is C19H23ClN2. The Morgan fingerprint density at radius 2 is 1.95 bits per heavy atom. The number of aromatic nitrogens is 2. The van der Waals surface area contributed by atoms with Gasteiger partial charge in [0.2, 0.25) is 0 Å². The maximum Gasteiger partial charge on any atom is 0.0491 e. The number of pyridine rings is 1. The number of hydrogen-bond donors (Lipinski definition) is 0. The highest BCUT2D eigenvalue weighted by Crippen LogP contribution is 2.30. The predicted molar refractivity (Wildman–Crippen MR) is 95.7 cm³/mol. The summed E-state index contributed by atoms with van der Waals surface area (Å²) in [4.78, 5) is 4.18. The third-order valence-corrected chi connectivity index (χ3v) is 3.81. The van der Waals surface area contributed by atoms with Crippen molar-refractivity contribution in [2.75, 3.05) is 0 Å². The van der Waals surface area contributed by atoms with Crippen LogP contribution in [0, 0.1) is 0 Å². The first kappa shape index (κ1) is 16.6. The van der Waals surface area contributed by atoms with E-state index in [4.69, 9.17) is 11.6 Å². The molecule has 22 heavy (non-hydrogen) atoms. The van der Waals surface area contributed by atoms with Gasteiger partial charge in [-0.2, -0.15) is 0 Å². The fraction of sp³-hybridized carbons (Fsp3) is 0.316. The molecule has 2 heterocycles. The van der Waals surface area contributed by atoms with E-state index in [2.05, 4.69) is 47.8 Å². The largest absolute Gasteiger partial charge is 0.343 e. The minimum Gasteiger partial charge on any atom is -0.343 e. The van der Waals surface area contributed by atoms with Gasteiger partial charge in [-0.3, -0.25) is 4.98 Å². The summed E-state index contributed by atoms with van der Waals surface area (Å²) in [5.74, 6) is 0.478. The van der Waals surface area contributed by atoms with Crippen molar-refractivity contribution in [2.24, 2.45) is 0 Å². The summed E-state index contributed by atoms with van der Waals surface area (Å²) >= 11 is 6.15. The molecule has 0 aliphatic heterocycles. The SMILES string of the molecule is CC.CC(C)c1cn(Cc2cccnc2)c2ccc(Cl)cc12. The van der Waals surface area contributed by atoms with Gasteiger partial charge in [0.15, 0.2) is 0 Å². The number of hydrogen-bond acceptors (Lipinski definition) is 1. The monoisotopic (exact) mass is 314 g/mol.